The van der Waals surface area contributed by atoms with Gasteiger partial charge in [-0.15, -0.1) is 9.24 Å². The van der Waals surface area contributed by atoms with Crippen LogP contribution in [0.3, 0.4) is 0 Å². The number of carbonyl (C=O) groups excluding carboxylic acids is 1. The van der Waals surface area contributed by atoms with Crippen molar-refractivity contribution in [1.29, 1.82) is 0 Å². The highest BCUT2D eigenvalue weighted by atomic mass is 32.2. The number of benzene rings is 1. The molecule has 3 aromatic rings. The minimum absolute atomic E-state index is 0.0772. The van der Waals surface area contributed by atoms with Gasteiger partial charge in [-0.25, -0.2) is 19.4 Å². The first-order chi connectivity index (χ1) is 17.5. The number of aromatic nitrogens is 4. The first-order valence-electron chi connectivity index (χ1n) is 12.5. The Morgan fingerprint density at radius 3 is 2.54 bits per heavy atom. The number of rotatable bonds is 8. The lowest BCUT2D eigenvalue weighted by atomic mass is 9.89. The van der Waals surface area contributed by atoms with Gasteiger partial charge in [-0.05, 0) is 67.1 Å². The van der Waals surface area contributed by atoms with Gasteiger partial charge in [0.1, 0.15) is 11.4 Å². The summed E-state index contributed by atoms with van der Waals surface area (Å²) in [4.78, 5) is 22.1. The Kier molecular flexibility index (Phi) is 6.61. The SMILES string of the molecule is CCC(C)c1cc(-c2cnc(C3CC3)nc2)cc(P)c1CC(=O)NS(=O)(=O)c1cc2n(n1)CC(C)(C)O2. The topological polar surface area (TPSA) is 116 Å². The second-order valence-corrected chi connectivity index (χ2v) is 12.8. The van der Waals surface area contributed by atoms with Gasteiger partial charge in [-0.2, -0.15) is 13.5 Å². The number of carbonyl (C=O) groups is 1. The molecule has 0 bridgehead atoms. The van der Waals surface area contributed by atoms with Crippen LogP contribution in [0.1, 0.15) is 75.7 Å². The molecule has 0 spiro atoms. The number of nitrogens with one attached hydrogen (secondary N) is 1. The second kappa shape index (κ2) is 9.48. The van der Waals surface area contributed by atoms with Crippen molar-refractivity contribution in [1.82, 2.24) is 24.5 Å². The van der Waals surface area contributed by atoms with Gasteiger partial charge < -0.3 is 4.74 Å². The molecule has 5 rings (SSSR count). The van der Waals surface area contributed by atoms with E-state index in [1.54, 1.807) is 0 Å². The normalized spacial score (nSPS) is 17.2. The molecule has 11 heteroatoms. The maximum absolute atomic E-state index is 13.0. The molecule has 37 heavy (non-hydrogen) atoms. The predicted molar refractivity (Wildman–Crippen MR) is 143 cm³/mol. The van der Waals surface area contributed by atoms with Crippen LogP contribution in [-0.4, -0.2) is 39.7 Å². The molecule has 1 fully saturated rings. The number of hydrogen-bond acceptors (Lipinski definition) is 7. The zero-order chi connectivity index (χ0) is 26.5. The van der Waals surface area contributed by atoms with Gasteiger partial charge in [0.25, 0.3) is 10.0 Å². The molecule has 2 unspecified atom stereocenters. The minimum Gasteiger partial charge on any atom is -0.470 e. The molecule has 0 radical (unpaired) electrons. The van der Waals surface area contributed by atoms with Gasteiger partial charge >= 0.3 is 0 Å². The highest BCUT2D eigenvalue weighted by molar-refractivity contribution is 7.90. The summed E-state index contributed by atoms with van der Waals surface area (Å²) in [6.07, 6.45) is 6.79. The molecule has 3 heterocycles. The Labute approximate surface area is 219 Å². The molecule has 1 N–H and O–H groups in total. The van der Waals surface area contributed by atoms with Crippen molar-refractivity contribution in [3.8, 4) is 17.0 Å². The standard InChI is InChI=1S/C26H32N5O4PS/c1-5-15(2)19-8-17(18-12-27-25(28-13-18)16-6-7-16)9-21(36)20(19)10-22(32)30-37(33,34)23-11-24-31(29-23)14-26(3,4)35-24/h8-9,11-13,15-16H,5-7,10,14,36H2,1-4H3,(H,30,32). The molecule has 1 aliphatic carbocycles. The molecule has 2 aromatic heterocycles. The Morgan fingerprint density at radius 1 is 1.22 bits per heavy atom. The van der Waals surface area contributed by atoms with Crippen molar-refractivity contribution in [2.24, 2.45) is 0 Å². The molecule has 196 valence electrons. The van der Waals surface area contributed by atoms with Crippen molar-refractivity contribution in [2.75, 3.05) is 0 Å². The summed E-state index contributed by atoms with van der Waals surface area (Å²) < 4.78 is 35.2. The van der Waals surface area contributed by atoms with Crippen LogP contribution in [0.4, 0.5) is 0 Å². The zero-order valence-electron chi connectivity index (χ0n) is 21.5. The van der Waals surface area contributed by atoms with E-state index in [0.29, 0.717) is 18.3 Å². The minimum atomic E-state index is -4.14. The molecular formula is C26H32N5O4PS. The van der Waals surface area contributed by atoms with E-state index in [1.807, 2.05) is 32.3 Å². The van der Waals surface area contributed by atoms with Crippen molar-refractivity contribution in [3.63, 3.8) is 0 Å². The molecular weight excluding hydrogens is 509 g/mol. The zero-order valence-corrected chi connectivity index (χ0v) is 23.5. The summed E-state index contributed by atoms with van der Waals surface area (Å²) in [5.41, 5.74) is 3.22. The fourth-order valence-corrected chi connectivity index (χ4v) is 5.95. The van der Waals surface area contributed by atoms with E-state index in [1.165, 1.54) is 10.7 Å². The van der Waals surface area contributed by atoms with E-state index in [4.69, 9.17) is 4.74 Å². The first-order valence-corrected chi connectivity index (χ1v) is 14.6. The number of amides is 1. The van der Waals surface area contributed by atoms with Crippen LogP contribution in [0.15, 0.2) is 35.6 Å². The predicted octanol–water partition coefficient (Wildman–Crippen LogP) is 3.45. The largest absolute Gasteiger partial charge is 0.470 e. The van der Waals surface area contributed by atoms with E-state index in [9.17, 15) is 13.2 Å². The van der Waals surface area contributed by atoms with Crippen molar-refractivity contribution >= 4 is 30.5 Å². The lowest BCUT2D eigenvalue weighted by molar-refractivity contribution is -0.118. The van der Waals surface area contributed by atoms with Crippen LogP contribution in [0, 0.1) is 0 Å². The molecule has 0 saturated heterocycles. The third-order valence-corrected chi connectivity index (χ3v) is 8.66. The summed E-state index contributed by atoms with van der Waals surface area (Å²) in [5, 5.41) is 4.74. The quantitative estimate of drug-likeness (QED) is 0.434. The first kappa shape index (κ1) is 25.8. The molecule has 1 saturated carbocycles. The molecule has 9 nitrogen and oxygen atoms in total. The van der Waals surface area contributed by atoms with E-state index >= 15 is 0 Å². The Hall–Kier alpha value is -2.84. The van der Waals surface area contributed by atoms with Gasteiger partial charge in [0.15, 0.2) is 0 Å². The third-order valence-electron chi connectivity index (χ3n) is 6.90. The fraction of sp³-hybridized carbons (Fsp3) is 0.462. The maximum Gasteiger partial charge on any atom is 0.283 e. The van der Waals surface area contributed by atoms with Crippen LogP contribution in [0.2, 0.25) is 0 Å². The Morgan fingerprint density at radius 2 is 1.92 bits per heavy atom. The third kappa shape index (κ3) is 5.41. The van der Waals surface area contributed by atoms with Gasteiger partial charge in [-0.3, -0.25) is 4.79 Å². The molecule has 1 aliphatic heterocycles. The van der Waals surface area contributed by atoms with Gasteiger partial charge in [0.05, 0.1) is 13.0 Å². The van der Waals surface area contributed by atoms with Gasteiger partial charge in [0.2, 0.25) is 16.8 Å². The van der Waals surface area contributed by atoms with E-state index < -0.39 is 21.5 Å². The number of sulfonamides is 1. The number of fused-ring (bicyclic) bond motifs is 1. The highest BCUT2D eigenvalue weighted by Gasteiger charge is 2.34. The van der Waals surface area contributed by atoms with Gasteiger partial charge in [-0.1, -0.05) is 19.9 Å². The molecule has 2 atom stereocenters. The second-order valence-electron chi connectivity index (χ2n) is 10.6. The Bertz CT molecular complexity index is 1440. The highest BCUT2D eigenvalue weighted by Crippen LogP contribution is 2.38. The maximum atomic E-state index is 13.0. The average molecular weight is 542 g/mol. The lowest BCUT2D eigenvalue weighted by Gasteiger charge is -2.19. The number of nitrogens with zero attached hydrogens (tertiary/aromatic N) is 4. The Balaban J connectivity index is 1.37. The molecule has 2 aliphatic rings. The van der Waals surface area contributed by atoms with E-state index in [-0.39, 0.29) is 17.4 Å². The molecule has 1 aromatic carbocycles. The van der Waals surface area contributed by atoms with E-state index in [2.05, 4.69) is 48.9 Å². The van der Waals surface area contributed by atoms with Crippen LogP contribution < -0.4 is 14.8 Å². The molecule has 1 amide bonds. The van der Waals surface area contributed by atoms with Crippen LogP contribution in [0.25, 0.3) is 11.1 Å². The van der Waals surface area contributed by atoms with Gasteiger partial charge in [0, 0.05) is 29.9 Å². The van der Waals surface area contributed by atoms with E-state index in [0.717, 1.165) is 52.6 Å². The summed E-state index contributed by atoms with van der Waals surface area (Å²) in [7, 11) is -1.44. The monoisotopic (exact) mass is 541 g/mol. The number of ether oxygens (including phenoxy) is 1. The number of hydrogen-bond donors (Lipinski definition) is 1. The average Bonchev–Trinajstić information content (AvgIpc) is 3.54. The van der Waals surface area contributed by atoms with Crippen LogP contribution in [-0.2, 0) is 27.8 Å². The summed E-state index contributed by atoms with van der Waals surface area (Å²) in [6, 6.07) is 5.39. The van der Waals surface area contributed by atoms with Crippen LogP contribution in [0.5, 0.6) is 5.88 Å². The fourth-order valence-electron chi connectivity index (χ4n) is 4.57. The smallest absolute Gasteiger partial charge is 0.283 e. The summed E-state index contributed by atoms with van der Waals surface area (Å²) >= 11 is 0. The van der Waals surface area contributed by atoms with Crippen molar-refractivity contribution < 1.29 is 17.9 Å². The van der Waals surface area contributed by atoms with Crippen molar-refractivity contribution in [3.05, 3.63) is 47.5 Å². The van der Waals surface area contributed by atoms with Crippen molar-refractivity contribution in [2.45, 2.75) is 82.4 Å². The van der Waals surface area contributed by atoms with Crippen LogP contribution >= 0.6 is 9.24 Å². The summed E-state index contributed by atoms with van der Waals surface area (Å²) in [6.45, 7) is 8.41. The lowest BCUT2D eigenvalue weighted by Crippen LogP contribution is -2.34. The summed E-state index contributed by atoms with van der Waals surface area (Å²) in [5.74, 6) is 1.30.